The Morgan fingerprint density at radius 3 is 2.00 bits per heavy atom. The van der Waals surface area contributed by atoms with Crippen LogP contribution in [-0.2, 0) is 23.3 Å². The molecule has 1 aromatic rings. The molecule has 1 aliphatic heterocycles. The molecular formula is C23H37F2O6P. The van der Waals surface area contributed by atoms with Crippen LogP contribution in [0.2, 0.25) is 0 Å². The van der Waals surface area contributed by atoms with E-state index in [1.165, 1.54) is 0 Å². The Bertz CT molecular complexity index is 714. The molecule has 0 amide bonds. The van der Waals surface area contributed by atoms with Gasteiger partial charge in [0.1, 0.15) is 29.9 Å². The third-order valence-electron chi connectivity index (χ3n) is 5.37. The summed E-state index contributed by atoms with van der Waals surface area (Å²) in [6, 6.07) is 2.55. The van der Waals surface area contributed by atoms with Gasteiger partial charge in [-0.3, -0.25) is 4.57 Å². The molecule has 1 aromatic carbocycles. The fraction of sp³-hybridized carbons (Fsp3) is 0.739. The van der Waals surface area contributed by atoms with Crippen molar-refractivity contribution in [2.45, 2.75) is 83.5 Å². The second kappa shape index (κ2) is 13.7. The van der Waals surface area contributed by atoms with Crippen LogP contribution in [0.1, 0.15) is 59.3 Å². The van der Waals surface area contributed by atoms with Gasteiger partial charge < -0.3 is 23.8 Å². The first-order valence-electron chi connectivity index (χ1n) is 11.6. The van der Waals surface area contributed by atoms with Gasteiger partial charge in [-0.1, -0.05) is 40.0 Å². The summed E-state index contributed by atoms with van der Waals surface area (Å²) < 4.78 is 65.3. The maximum absolute atomic E-state index is 13.9. The van der Waals surface area contributed by atoms with Crippen molar-refractivity contribution in [3.05, 3.63) is 29.8 Å². The van der Waals surface area contributed by atoms with E-state index in [4.69, 9.17) is 18.7 Å². The van der Waals surface area contributed by atoms with E-state index in [1.807, 2.05) is 20.8 Å². The number of hydrogen-bond acceptors (Lipinski definition) is 6. The lowest BCUT2D eigenvalue weighted by molar-refractivity contribution is -0.166. The third-order valence-corrected chi connectivity index (χ3v) is 7.92. The normalized spacial score (nSPS) is 28.2. The Morgan fingerprint density at radius 2 is 1.44 bits per heavy atom. The molecule has 32 heavy (non-hydrogen) atoms. The first kappa shape index (κ1) is 27.4. The summed E-state index contributed by atoms with van der Waals surface area (Å²) in [5.41, 5.74) is 0. The van der Waals surface area contributed by atoms with Crippen LogP contribution in [0.25, 0.3) is 0 Å². The maximum Gasteiger partial charge on any atom is 0.263 e. The molecule has 6 nitrogen and oxygen atoms in total. The zero-order chi connectivity index (χ0) is 23.6. The number of ether oxygens (including phenoxy) is 3. The average Bonchev–Trinajstić information content (AvgIpc) is 2.75. The van der Waals surface area contributed by atoms with Crippen LogP contribution < -0.4 is 5.30 Å². The van der Waals surface area contributed by atoms with Gasteiger partial charge in [0.2, 0.25) is 0 Å². The Morgan fingerprint density at radius 1 is 0.906 bits per heavy atom. The van der Waals surface area contributed by atoms with Crippen molar-refractivity contribution in [3.63, 3.8) is 0 Å². The Kier molecular flexibility index (Phi) is 11.7. The van der Waals surface area contributed by atoms with Crippen molar-refractivity contribution in [3.8, 4) is 0 Å². The maximum atomic E-state index is 13.9. The number of rotatable bonds is 14. The Balaban J connectivity index is 2.38. The molecule has 1 N–H and O–H groups in total. The molecule has 0 aliphatic carbocycles. The summed E-state index contributed by atoms with van der Waals surface area (Å²) in [4.78, 5) is 0. The number of aliphatic hydroxyl groups is 1. The summed E-state index contributed by atoms with van der Waals surface area (Å²) in [6.07, 6.45) is 2.58. The van der Waals surface area contributed by atoms with Crippen molar-refractivity contribution in [2.24, 2.45) is 0 Å². The fourth-order valence-electron chi connectivity index (χ4n) is 3.51. The van der Waals surface area contributed by atoms with Gasteiger partial charge in [0, 0.05) is 31.2 Å². The van der Waals surface area contributed by atoms with E-state index in [1.54, 1.807) is 0 Å². The quantitative estimate of drug-likeness (QED) is 0.307. The molecule has 0 spiro atoms. The summed E-state index contributed by atoms with van der Waals surface area (Å²) in [5, 5.41) is 10.9. The molecule has 1 fully saturated rings. The van der Waals surface area contributed by atoms with Crippen molar-refractivity contribution in [1.82, 2.24) is 0 Å². The lowest BCUT2D eigenvalue weighted by Crippen LogP contribution is -2.55. The van der Waals surface area contributed by atoms with Gasteiger partial charge in [-0.15, -0.1) is 0 Å². The van der Waals surface area contributed by atoms with Crippen molar-refractivity contribution in [1.29, 1.82) is 0 Å². The Hall–Kier alpha value is -0.890. The molecule has 1 saturated heterocycles. The predicted octanol–water partition coefficient (Wildman–Crippen LogP) is 4.77. The molecule has 1 unspecified atom stereocenters. The fourth-order valence-corrected chi connectivity index (χ4v) is 5.90. The van der Waals surface area contributed by atoms with Crippen LogP contribution >= 0.6 is 7.37 Å². The minimum absolute atomic E-state index is 0.0684. The zero-order valence-corrected chi connectivity index (χ0v) is 20.2. The van der Waals surface area contributed by atoms with Gasteiger partial charge in [-0.05, 0) is 31.4 Å². The highest BCUT2D eigenvalue weighted by Crippen LogP contribution is 2.57. The molecule has 1 heterocycles. The third kappa shape index (κ3) is 7.31. The van der Waals surface area contributed by atoms with E-state index in [0.717, 1.165) is 50.7 Å². The number of unbranched alkanes of at least 4 members (excludes halogenated alkanes) is 3. The molecule has 9 heteroatoms. The van der Waals surface area contributed by atoms with Crippen molar-refractivity contribution >= 4 is 12.7 Å². The first-order valence-corrected chi connectivity index (χ1v) is 13.3. The van der Waals surface area contributed by atoms with Crippen LogP contribution in [0.4, 0.5) is 8.78 Å². The van der Waals surface area contributed by atoms with Crippen LogP contribution in [0, 0.1) is 11.6 Å². The van der Waals surface area contributed by atoms with Gasteiger partial charge >= 0.3 is 0 Å². The van der Waals surface area contributed by atoms with Crippen LogP contribution in [-0.4, -0.2) is 55.7 Å². The molecule has 184 valence electrons. The highest BCUT2D eigenvalue weighted by Gasteiger charge is 2.54. The van der Waals surface area contributed by atoms with Crippen LogP contribution in [0.3, 0.4) is 0 Å². The van der Waals surface area contributed by atoms with E-state index in [-0.39, 0.29) is 11.9 Å². The monoisotopic (exact) mass is 478 g/mol. The van der Waals surface area contributed by atoms with Gasteiger partial charge in [0.25, 0.3) is 7.37 Å². The molecule has 5 atom stereocenters. The van der Waals surface area contributed by atoms with Crippen LogP contribution in [0.15, 0.2) is 18.2 Å². The highest BCUT2D eigenvalue weighted by molar-refractivity contribution is 7.67. The highest BCUT2D eigenvalue weighted by atomic mass is 31.2. The van der Waals surface area contributed by atoms with E-state index >= 15 is 0 Å². The van der Waals surface area contributed by atoms with E-state index in [0.29, 0.717) is 25.9 Å². The minimum Gasteiger partial charge on any atom is -0.380 e. The first-order chi connectivity index (χ1) is 15.4. The smallest absolute Gasteiger partial charge is 0.263 e. The molecule has 0 radical (unpaired) electrons. The van der Waals surface area contributed by atoms with Crippen LogP contribution in [0.5, 0.6) is 0 Å². The minimum atomic E-state index is -4.11. The van der Waals surface area contributed by atoms with Crippen molar-refractivity contribution in [2.75, 3.05) is 26.4 Å². The van der Waals surface area contributed by atoms with Gasteiger partial charge in [-0.2, -0.15) is 0 Å². The summed E-state index contributed by atoms with van der Waals surface area (Å²) in [7, 11) is -4.11. The number of halogens is 2. The molecule has 0 bridgehead atoms. The second-order valence-electron chi connectivity index (χ2n) is 8.09. The lowest BCUT2D eigenvalue weighted by Gasteiger charge is -2.44. The standard InChI is InChI=1S/C23H37F2O6P/c1-4-7-10-28-16-20-21(29-11-8-5-2)22(30-12-9-6-3)23(26)32(27,31-20)19-14-17(24)13-18(25)15-19/h13-15,20-23,26H,4-12,16H2,1-3H3/t20-,21-,22+,23?,32+/m1/s1. The SMILES string of the molecule is CCCCOC[C@H]1O[P@@](=O)(c2cc(F)cc(F)c2)C(O)[C@@H](OCCCC)[C@@H]1OCCCC. The molecule has 0 aromatic heterocycles. The molecular weight excluding hydrogens is 441 g/mol. The summed E-state index contributed by atoms with van der Waals surface area (Å²) in [5.74, 6) is -3.42. The van der Waals surface area contributed by atoms with Gasteiger partial charge in [0.15, 0.2) is 5.85 Å². The Labute approximate surface area is 190 Å². The van der Waals surface area contributed by atoms with E-state index in [9.17, 15) is 18.5 Å². The van der Waals surface area contributed by atoms with Gasteiger partial charge in [-0.25, -0.2) is 8.78 Å². The van der Waals surface area contributed by atoms with Gasteiger partial charge in [0.05, 0.1) is 6.61 Å². The zero-order valence-electron chi connectivity index (χ0n) is 19.3. The van der Waals surface area contributed by atoms with E-state index < -0.39 is 43.2 Å². The molecule has 0 saturated carbocycles. The topological polar surface area (TPSA) is 74.2 Å². The number of aliphatic hydroxyl groups excluding tert-OH is 1. The molecule has 1 aliphatic rings. The van der Waals surface area contributed by atoms with Crippen molar-refractivity contribution < 1.29 is 37.2 Å². The largest absolute Gasteiger partial charge is 0.380 e. The predicted molar refractivity (Wildman–Crippen MR) is 120 cm³/mol. The van der Waals surface area contributed by atoms with E-state index in [2.05, 4.69) is 0 Å². The number of benzene rings is 1. The molecule has 2 rings (SSSR count). The lowest BCUT2D eigenvalue weighted by atomic mass is 10.1. The summed E-state index contributed by atoms with van der Waals surface area (Å²) in [6.45, 7) is 7.37. The second-order valence-corrected chi connectivity index (χ2v) is 10.5. The average molecular weight is 479 g/mol. The number of hydrogen-bond donors (Lipinski definition) is 1. The summed E-state index contributed by atoms with van der Waals surface area (Å²) >= 11 is 0.